The lowest BCUT2D eigenvalue weighted by Gasteiger charge is -2.25. The van der Waals surface area contributed by atoms with Crippen molar-refractivity contribution in [3.63, 3.8) is 0 Å². The monoisotopic (exact) mass is 180 g/mol. The third kappa shape index (κ3) is 3.88. The first-order valence-electron chi connectivity index (χ1n) is 3.71. The van der Waals surface area contributed by atoms with E-state index >= 15 is 0 Å². The smallest absolute Gasteiger partial charge is 0.0824 e. The van der Waals surface area contributed by atoms with Crippen LogP contribution in [0.1, 0.15) is 0 Å². The molecule has 0 unspecified atom stereocenters. The Morgan fingerprint density at radius 3 is 2.82 bits per heavy atom. The van der Waals surface area contributed by atoms with Gasteiger partial charge in [0.05, 0.1) is 19.8 Å². The summed E-state index contributed by atoms with van der Waals surface area (Å²) in [5.41, 5.74) is 0. The topological polar surface area (TPSA) is 33.7 Å². The summed E-state index contributed by atoms with van der Waals surface area (Å²) in [6.45, 7) is 5.16. The molecule has 5 heteroatoms. The first-order valence-corrected chi connectivity index (χ1v) is 4.09. The summed E-state index contributed by atoms with van der Waals surface area (Å²) in [5, 5.41) is 0. The molecule has 0 atom stereocenters. The molecule has 0 aromatic carbocycles. The number of nitrogens with zero attached hydrogens (tertiary/aromatic N) is 1. The largest absolute Gasteiger partial charge is 0.379 e. The van der Waals surface area contributed by atoms with Crippen LogP contribution in [0.5, 0.6) is 0 Å². The van der Waals surface area contributed by atoms with Crippen LogP contribution in [0.4, 0.5) is 0 Å². The molecule has 0 aliphatic carbocycles. The Kier molecular flexibility index (Phi) is 4.81. The van der Waals surface area contributed by atoms with E-state index in [0.717, 1.165) is 32.8 Å². The Morgan fingerprint density at radius 2 is 2.18 bits per heavy atom. The Labute approximate surface area is 71.5 Å². The van der Waals surface area contributed by atoms with E-state index in [-0.39, 0.29) is 0 Å². The van der Waals surface area contributed by atoms with E-state index in [2.05, 4.69) is 9.90 Å². The Bertz CT molecular complexity index is 98.6. The summed E-state index contributed by atoms with van der Waals surface area (Å²) >= 11 is 5.10. The maximum Gasteiger partial charge on any atom is 0.0824 e. The van der Waals surface area contributed by atoms with Gasteiger partial charge in [-0.15, -0.1) is 5.00 Å². The standard InChI is InChI=1S/C6H13ClN2O2/c7-8-11-6-3-9-1-4-10-5-2-9/h8H,1-6H2. The van der Waals surface area contributed by atoms with Gasteiger partial charge in [-0.05, 0) is 0 Å². The zero-order valence-electron chi connectivity index (χ0n) is 6.38. The fourth-order valence-corrected chi connectivity index (χ4v) is 1.12. The lowest BCUT2D eigenvalue weighted by molar-refractivity contribution is 0.0128. The maximum absolute atomic E-state index is 5.18. The number of halogens is 1. The molecule has 11 heavy (non-hydrogen) atoms. The molecule has 0 spiro atoms. The number of hydrogen-bond acceptors (Lipinski definition) is 4. The van der Waals surface area contributed by atoms with Gasteiger partial charge in [0.25, 0.3) is 0 Å². The molecule has 0 aromatic rings. The van der Waals surface area contributed by atoms with Gasteiger partial charge < -0.3 is 4.74 Å². The second kappa shape index (κ2) is 5.74. The normalized spacial score (nSPS) is 20.5. The fraction of sp³-hybridized carbons (Fsp3) is 1.00. The van der Waals surface area contributed by atoms with Crippen LogP contribution in [-0.2, 0) is 9.57 Å². The summed E-state index contributed by atoms with van der Waals surface area (Å²) in [5.74, 6) is 0. The average molecular weight is 181 g/mol. The molecule has 1 aliphatic heterocycles. The van der Waals surface area contributed by atoms with E-state index in [1.54, 1.807) is 0 Å². The van der Waals surface area contributed by atoms with Crippen LogP contribution in [0.2, 0.25) is 0 Å². The summed E-state index contributed by atoms with van der Waals surface area (Å²) in [6, 6.07) is 0. The molecule has 1 fully saturated rings. The Morgan fingerprint density at radius 1 is 1.45 bits per heavy atom. The van der Waals surface area contributed by atoms with Crippen molar-refractivity contribution in [3.8, 4) is 0 Å². The summed E-state index contributed by atoms with van der Waals surface area (Å²) in [4.78, 5) is 9.17. The van der Waals surface area contributed by atoms with Crippen LogP contribution in [0.3, 0.4) is 0 Å². The first-order chi connectivity index (χ1) is 5.43. The molecule has 0 aromatic heterocycles. The van der Waals surface area contributed by atoms with Crippen LogP contribution in [0.25, 0.3) is 0 Å². The van der Waals surface area contributed by atoms with Gasteiger partial charge in [0.15, 0.2) is 0 Å². The van der Waals surface area contributed by atoms with E-state index in [1.807, 2.05) is 0 Å². The van der Waals surface area contributed by atoms with Crippen molar-refractivity contribution in [2.75, 3.05) is 39.5 Å². The van der Waals surface area contributed by atoms with Gasteiger partial charge in [0, 0.05) is 31.4 Å². The Hall–Kier alpha value is 0.130. The van der Waals surface area contributed by atoms with Gasteiger partial charge in [-0.2, -0.15) is 0 Å². The molecule has 1 N–H and O–H groups in total. The minimum atomic E-state index is 0.615. The number of nitrogens with one attached hydrogen (secondary N) is 1. The molecule has 66 valence electrons. The van der Waals surface area contributed by atoms with Crippen LogP contribution >= 0.6 is 11.8 Å². The lowest BCUT2D eigenvalue weighted by atomic mass is 10.4. The van der Waals surface area contributed by atoms with Gasteiger partial charge in [-0.1, -0.05) is 0 Å². The van der Waals surface area contributed by atoms with E-state index in [1.165, 1.54) is 0 Å². The van der Waals surface area contributed by atoms with E-state index in [9.17, 15) is 0 Å². The molecule has 1 aliphatic rings. The minimum absolute atomic E-state index is 0.615. The highest BCUT2D eigenvalue weighted by molar-refractivity contribution is 6.12. The molecule has 0 saturated carbocycles. The third-order valence-corrected chi connectivity index (χ3v) is 1.78. The van der Waals surface area contributed by atoms with Gasteiger partial charge in [0.1, 0.15) is 0 Å². The zero-order valence-corrected chi connectivity index (χ0v) is 7.14. The minimum Gasteiger partial charge on any atom is -0.379 e. The zero-order chi connectivity index (χ0) is 7.94. The molecule has 0 bridgehead atoms. The van der Waals surface area contributed by atoms with Crippen molar-refractivity contribution in [3.05, 3.63) is 0 Å². The highest BCUT2D eigenvalue weighted by atomic mass is 35.5. The fourth-order valence-electron chi connectivity index (χ4n) is 1.04. The van der Waals surface area contributed by atoms with Crippen molar-refractivity contribution < 1.29 is 9.57 Å². The first kappa shape index (κ1) is 9.22. The van der Waals surface area contributed by atoms with Crippen LogP contribution in [-0.4, -0.2) is 44.4 Å². The van der Waals surface area contributed by atoms with Crippen molar-refractivity contribution in [2.45, 2.75) is 0 Å². The molecule has 1 heterocycles. The lowest BCUT2D eigenvalue weighted by Crippen LogP contribution is -2.38. The van der Waals surface area contributed by atoms with Crippen molar-refractivity contribution in [1.82, 2.24) is 9.90 Å². The maximum atomic E-state index is 5.18. The summed E-state index contributed by atoms with van der Waals surface area (Å²) in [7, 11) is 0. The molecule has 4 nitrogen and oxygen atoms in total. The second-order valence-corrected chi connectivity index (χ2v) is 2.53. The third-order valence-electron chi connectivity index (χ3n) is 1.67. The summed E-state index contributed by atoms with van der Waals surface area (Å²) in [6.07, 6.45) is 0. The van der Waals surface area contributed by atoms with Crippen molar-refractivity contribution >= 4 is 11.8 Å². The van der Waals surface area contributed by atoms with Crippen LogP contribution < -0.4 is 5.00 Å². The quantitative estimate of drug-likeness (QED) is 0.375. The predicted octanol–water partition coefficient (Wildman–Crippen LogP) is -0.00640. The van der Waals surface area contributed by atoms with Gasteiger partial charge >= 0.3 is 0 Å². The predicted molar refractivity (Wildman–Crippen MR) is 42.2 cm³/mol. The average Bonchev–Trinajstić information content (AvgIpc) is 2.07. The van der Waals surface area contributed by atoms with Crippen molar-refractivity contribution in [1.29, 1.82) is 0 Å². The highest BCUT2D eigenvalue weighted by Crippen LogP contribution is 1.95. The second-order valence-electron chi connectivity index (χ2n) is 2.38. The van der Waals surface area contributed by atoms with Crippen LogP contribution in [0, 0.1) is 0 Å². The highest BCUT2D eigenvalue weighted by Gasteiger charge is 2.08. The number of rotatable bonds is 4. The molecule has 1 saturated heterocycles. The van der Waals surface area contributed by atoms with E-state index in [4.69, 9.17) is 21.4 Å². The molecular weight excluding hydrogens is 168 g/mol. The van der Waals surface area contributed by atoms with E-state index in [0.29, 0.717) is 6.61 Å². The van der Waals surface area contributed by atoms with Gasteiger partial charge in [-0.3, -0.25) is 9.74 Å². The summed E-state index contributed by atoms with van der Waals surface area (Å²) < 4.78 is 5.18. The SMILES string of the molecule is ClNOCCN1CCOCC1. The molecule has 1 rings (SSSR count). The van der Waals surface area contributed by atoms with Gasteiger partial charge in [-0.25, -0.2) is 0 Å². The molecule has 0 amide bonds. The van der Waals surface area contributed by atoms with Crippen molar-refractivity contribution in [2.24, 2.45) is 0 Å². The molecule has 0 radical (unpaired) electrons. The van der Waals surface area contributed by atoms with Gasteiger partial charge in [0.2, 0.25) is 0 Å². The number of morpholine rings is 1. The van der Waals surface area contributed by atoms with Crippen LogP contribution in [0.15, 0.2) is 0 Å². The number of ether oxygens (including phenoxy) is 1. The Balaban J connectivity index is 1.96. The van der Waals surface area contributed by atoms with E-state index < -0.39 is 0 Å². The number of hydrogen-bond donors (Lipinski definition) is 1. The molecular formula is C6H13ClN2O2.